The molecular formula is C20H22F3N3O2. The maximum Gasteiger partial charge on any atom is 0.416 e. The van der Waals surface area contributed by atoms with Crippen LogP contribution in [0.15, 0.2) is 48.5 Å². The SMILES string of the molecule is CC(C)(C)C(=O)Nc1cccc(NC(=O)CNc2cccc(C(F)(F)F)c2)c1. The first-order chi connectivity index (χ1) is 12.9. The highest BCUT2D eigenvalue weighted by atomic mass is 19.4. The molecule has 0 aliphatic carbocycles. The van der Waals surface area contributed by atoms with Gasteiger partial charge in [0.25, 0.3) is 0 Å². The van der Waals surface area contributed by atoms with Crippen LogP contribution in [-0.4, -0.2) is 18.4 Å². The summed E-state index contributed by atoms with van der Waals surface area (Å²) in [4.78, 5) is 24.1. The van der Waals surface area contributed by atoms with Crippen molar-refractivity contribution in [3.05, 3.63) is 54.1 Å². The van der Waals surface area contributed by atoms with Gasteiger partial charge in [-0.1, -0.05) is 32.9 Å². The molecule has 8 heteroatoms. The highest BCUT2D eigenvalue weighted by Crippen LogP contribution is 2.30. The maximum absolute atomic E-state index is 12.7. The fourth-order valence-electron chi connectivity index (χ4n) is 2.19. The highest BCUT2D eigenvalue weighted by molar-refractivity contribution is 5.97. The summed E-state index contributed by atoms with van der Waals surface area (Å²) in [6.07, 6.45) is -4.45. The summed E-state index contributed by atoms with van der Waals surface area (Å²) >= 11 is 0. The Morgan fingerprint density at radius 2 is 1.43 bits per heavy atom. The van der Waals surface area contributed by atoms with E-state index in [1.54, 1.807) is 45.0 Å². The lowest BCUT2D eigenvalue weighted by Gasteiger charge is -2.18. The number of hydrogen-bond acceptors (Lipinski definition) is 3. The molecule has 0 aliphatic rings. The Bertz CT molecular complexity index is 858. The van der Waals surface area contributed by atoms with Crippen LogP contribution in [0.25, 0.3) is 0 Å². The summed E-state index contributed by atoms with van der Waals surface area (Å²) < 4.78 is 38.2. The molecule has 2 aromatic rings. The number of benzene rings is 2. The van der Waals surface area contributed by atoms with Crippen LogP contribution >= 0.6 is 0 Å². The van der Waals surface area contributed by atoms with Crippen LogP contribution < -0.4 is 16.0 Å². The standard InChI is InChI=1S/C20H22F3N3O2/c1-19(2,3)18(28)26-16-9-5-8-15(11-16)25-17(27)12-24-14-7-4-6-13(10-14)20(21,22)23/h4-11,24H,12H2,1-3H3,(H,25,27)(H,26,28). The topological polar surface area (TPSA) is 70.2 Å². The van der Waals surface area contributed by atoms with Gasteiger partial charge in [0.1, 0.15) is 0 Å². The number of nitrogens with one attached hydrogen (secondary N) is 3. The zero-order valence-electron chi connectivity index (χ0n) is 15.8. The lowest BCUT2D eigenvalue weighted by atomic mass is 9.95. The largest absolute Gasteiger partial charge is 0.416 e. The molecule has 0 unspecified atom stereocenters. The van der Waals surface area contributed by atoms with Crippen molar-refractivity contribution in [2.75, 3.05) is 22.5 Å². The van der Waals surface area contributed by atoms with E-state index in [0.29, 0.717) is 11.4 Å². The van der Waals surface area contributed by atoms with E-state index in [4.69, 9.17) is 0 Å². The number of halogens is 3. The van der Waals surface area contributed by atoms with Gasteiger partial charge in [-0.3, -0.25) is 9.59 Å². The molecule has 0 fully saturated rings. The molecule has 0 aliphatic heterocycles. The molecule has 0 spiro atoms. The molecule has 150 valence electrons. The number of anilines is 3. The summed E-state index contributed by atoms with van der Waals surface area (Å²) in [6.45, 7) is 5.15. The third kappa shape index (κ3) is 6.29. The number of hydrogen-bond donors (Lipinski definition) is 3. The molecule has 0 saturated heterocycles. The fourth-order valence-corrected chi connectivity index (χ4v) is 2.19. The maximum atomic E-state index is 12.7. The number of alkyl halides is 3. The van der Waals surface area contributed by atoms with Gasteiger partial charge >= 0.3 is 6.18 Å². The van der Waals surface area contributed by atoms with E-state index in [-0.39, 0.29) is 18.1 Å². The monoisotopic (exact) mass is 393 g/mol. The number of amides is 2. The molecule has 0 atom stereocenters. The number of carbonyl (C=O) groups excluding carboxylic acids is 2. The third-order valence-corrected chi connectivity index (χ3v) is 3.73. The van der Waals surface area contributed by atoms with Crippen molar-refractivity contribution in [1.82, 2.24) is 0 Å². The van der Waals surface area contributed by atoms with E-state index >= 15 is 0 Å². The second kappa shape index (κ2) is 8.33. The second-order valence-corrected chi connectivity index (χ2v) is 7.27. The molecule has 2 amide bonds. The molecule has 28 heavy (non-hydrogen) atoms. The number of carbonyl (C=O) groups is 2. The van der Waals surface area contributed by atoms with Crippen LogP contribution in [0.5, 0.6) is 0 Å². The van der Waals surface area contributed by atoms with Crippen molar-refractivity contribution in [3.8, 4) is 0 Å². The minimum absolute atomic E-state index is 0.165. The second-order valence-electron chi connectivity index (χ2n) is 7.27. The van der Waals surface area contributed by atoms with E-state index in [0.717, 1.165) is 12.1 Å². The summed E-state index contributed by atoms with van der Waals surface area (Å²) in [6, 6.07) is 11.2. The van der Waals surface area contributed by atoms with Gasteiger partial charge in [0.15, 0.2) is 0 Å². The van der Waals surface area contributed by atoms with E-state index in [2.05, 4.69) is 16.0 Å². The van der Waals surface area contributed by atoms with Crippen molar-refractivity contribution in [3.63, 3.8) is 0 Å². The van der Waals surface area contributed by atoms with Gasteiger partial charge in [-0.15, -0.1) is 0 Å². The smallest absolute Gasteiger partial charge is 0.376 e. The highest BCUT2D eigenvalue weighted by Gasteiger charge is 2.30. The van der Waals surface area contributed by atoms with Crippen molar-refractivity contribution in [1.29, 1.82) is 0 Å². The lowest BCUT2D eigenvalue weighted by molar-refractivity contribution is -0.137. The number of rotatable bonds is 5. The van der Waals surface area contributed by atoms with Crippen molar-refractivity contribution < 1.29 is 22.8 Å². The van der Waals surface area contributed by atoms with Crippen LogP contribution in [0.2, 0.25) is 0 Å². The molecule has 3 N–H and O–H groups in total. The predicted molar refractivity (Wildman–Crippen MR) is 103 cm³/mol. The molecule has 2 rings (SSSR count). The zero-order valence-corrected chi connectivity index (χ0v) is 15.8. The van der Waals surface area contributed by atoms with Gasteiger partial charge in [0, 0.05) is 22.5 Å². The van der Waals surface area contributed by atoms with Gasteiger partial charge in [-0.25, -0.2) is 0 Å². The van der Waals surface area contributed by atoms with E-state index in [1.807, 2.05) is 0 Å². The molecule has 0 heterocycles. The van der Waals surface area contributed by atoms with Crippen molar-refractivity contribution in [2.45, 2.75) is 26.9 Å². The van der Waals surface area contributed by atoms with Gasteiger partial charge in [0.2, 0.25) is 11.8 Å². The van der Waals surface area contributed by atoms with Gasteiger partial charge < -0.3 is 16.0 Å². The molecule has 0 saturated carbocycles. The van der Waals surface area contributed by atoms with E-state index in [1.165, 1.54) is 12.1 Å². The Hall–Kier alpha value is -3.03. The van der Waals surface area contributed by atoms with Gasteiger partial charge in [-0.2, -0.15) is 13.2 Å². The quantitative estimate of drug-likeness (QED) is 0.687. The van der Waals surface area contributed by atoms with Crippen LogP contribution in [0, 0.1) is 5.41 Å². The molecule has 2 aromatic carbocycles. The average Bonchev–Trinajstić information content (AvgIpc) is 2.59. The summed E-state index contributed by atoms with van der Waals surface area (Å²) in [5.74, 6) is -0.598. The molecule has 0 bridgehead atoms. The summed E-state index contributed by atoms with van der Waals surface area (Å²) in [7, 11) is 0. The van der Waals surface area contributed by atoms with Crippen LogP contribution in [0.3, 0.4) is 0 Å². The molecule has 5 nitrogen and oxygen atoms in total. The molecule has 0 radical (unpaired) electrons. The van der Waals surface area contributed by atoms with Crippen molar-refractivity contribution >= 4 is 28.9 Å². The van der Waals surface area contributed by atoms with Gasteiger partial charge in [0.05, 0.1) is 12.1 Å². The van der Waals surface area contributed by atoms with Crippen LogP contribution in [0.4, 0.5) is 30.2 Å². The minimum atomic E-state index is -4.45. The molecular weight excluding hydrogens is 371 g/mol. The first-order valence-corrected chi connectivity index (χ1v) is 8.58. The Labute approximate surface area is 161 Å². The zero-order chi connectivity index (χ0) is 20.9. The first kappa shape index (κ1) is 21.3. The fraction of sp³-hybridized carbons (Fsp3) is 0.300. The Morgan fingerprint density at radius 1 is 0.857 bits per heavy atom. The average molecular weight is 393 g/mol. The summed E-state index contributed by atoms with van der Waals surface area (Å²) in [5, 5.41) is 8.06. The van der Waals surface area contributed by atoms with E-state index in [9.17, 15) is 22.8 Å². The lowest BCUT2D eigenvalue weighted by Crippen LogP contribution is -2.27. The van der Waals surface area contributed by atoms with Gasteiger partial charge in [-0.05, 0) is 36.4 Å². The van der Waals surface area contributed by atoms with Crippen LogP contribution in [-0.2, 0) is 15.8 Å². The normalized spacial score (nSPS) is 11.6. The predicted octanol–water partition coefficient (Wildman–Crippen LogP) is 4.74. The minimum Gasteiger partial charge on any atom is -0.376 e. The van der Waals surface area contributed by atoms with Crippen molar-refractivity contribution in [2.24, 2.45) is 5.41 Å². The van der Waals surface area contributed by atoms with E-state index < -0.39 is 23.1 Å². The first-order valence-electron chi connectivity index (χ1n) is 8.58. The Balaban J connectivity index is 1.95. The molecule has 0 aromatic heterocycles. The summed E-state index contributed by atoms with van der Waals surface area (Å²) in [5.41, 5.74) is -0.170. The third-order valence-electron chi connectivity index (χ3n) is 3.73. The Kier molecular flexibility index (Phi) is 6.33. The van der Waals surface area contributed by atoms with Crippen LogP contribution in [0.1, 0.15) is 26.3 Å². The Morgan fingerprint density at radius 3 is 2.04 bits per heavy atom.